The van der Waals surface area contributed by atoms with E-state index in [0.29, 0.717) is 6.54 Å². The number of phenolic OH excluding ortho intramolecular Hbond substituents is 1. The standard InChI is InChI=1S/C19H23N5O4/c1-22-9-8-21-17(22)12-23(16-11-19(16)4-6-20-7-5-19)18(26)13-2-3-14(24(27)28)15(25)10-13/h2-3,8-10,16,20,25H,4-7,11-12H2,1H3. The second-order valence-electron chi connectivity index (χ2n) is 7.68. The smallest absolute Gasteiger partial charge is 0.310 e. The summed E-state index contributed by atoms with van der Waals surface area (Å²) in [6.07, 6.45) is 6.52. The Balaban J connectivity index is 1.63. The Morgan fingerprint density at radius 1 is 1.46 bits per heavy atom. The lowest BCUT2D eigenvalue weighted by Crippen LogP contribution is -2.39. The molecule has 9 nitrogen and oxygen atoms in total. The fourth-order valence-corrected chi connectivity index (χ4v) is 4.23. The van der Waals surface area contributed by atoms with E-state index in [1.807, 2.05) is 22.7 Å². The van der Waals surface area contributed by atoms with E-state index in [1.165, 1.54) is 18.2 Å². The van der Waals surface area contributed by atoms with Gasteiger partial charge in [0.15, 0.2) is 5.75 Å². The summed E-state index contributed by atoms with van der Waals surface area (Å²) in [7, 11) is 1.88. The van der Waals surface area contributed by atoms with Gasteiger partial charge < -0.3 is 19.9 Å². The molecule has 4 rings (SSSR count). The van der Waals surface area contributed by atoms with Crippen LogP contribution in [0.15, 0.2) is 30.6 Å². The maximum atomic E-state index is 13.3. The molecule has 1 aliphatic heterocycles. The summed E-state index contributed by atoms with van der Waals surface area (Å²) in [5, 5.41) is 24.3. The molecule has 1 unspecified atom stereocenters. The van der Waals surface area contributed by atoms with Crippen molar-refractivity contribution in [2.24, 2.45) is 12.5 Å². The molecule has 2 N–H and O–H groups in total. The summed E-state index contributed by atoms with van der Waals surface area (Å²) in [4.78, 5) is 29.8. The first kappa shape index (κ1) is 18.4. The van der Waals surface area contributed by atoms with Gasteiger partial charge in [-0.3, -0.25) is 14.9 Å². The number of aromatic nitrogens is 2. The largest absolute Gasteiger partial charge is 0.502 e. The number of aryl methyl sites for hydroxylation is 1. The van der Waals surface area contributed by atoms with Gasteiger partial charge in [0.25, 0.3) is 5.91 Å². The van der Waals surface area contributed by atoms with Gasteiger partial charge in [-0.2, -0.15) is 0 Å². The highest BCUT2D eigenvalue weighted by atomic mass is 16.6. The van der Waals surface area contributed by atoms with E-state index in [9.17, 15) is 20.0 Å². The molecule has 1 spiro atoms. The lowest BCUT2D eigenvalue weighted by atomic mass is 9.93. The molecule has 2 fully saturated rings. The fourth-order valence-electron chi connectivity index (χ4n) is 4.23. The minimum atomic E-state index is -0.667. The number of nitrogens with one attached hydrogen (secondary N) is 1. The molecule has 1 saturated carbocycles. The minimum Gasteiger partial charge on any atom is -0.502 e. The second kappa shape index (κ2) is 6.90. The van der Waals surface area contributed by atoms with Crippen LogP contribution in [0.5, 0.6) is 5.75 Å². The molecule has 0 bridgehead atoms. The topological polar surface area (TPSA) is 114 Å². The number of phenols is 1. The Morgan fingerprint density at radius 3 is 2.82 bits per heavy atom. The minimum absolute atomic E-state index is 0.108. The number of aromatic hydroxyl groups is 1. The van der Waals surface area contributed by atoms with Crippen LogP contribution in [0.25, 0.3) is 0 Å². The van der Waals surface area contributed by atoms with Crippen LogP contribution in [0, 0.1) is 15.5 Å². The molecule has 9 heteroatoms. The van der Waals surface area contributed by atoms with Crippen molar-refractivity contribution >= 4 is 11.6 Å². The van der Waals surface area contributed by atoms with E-state index in [-0.39, 0.29) is 22.9 Å². The molecule has 148 valence electrons. The number of carbonyl (C=O) groups excluding carboxylic acids is 1. The summed E-state index contributed by atoms with van der Waals surface area (Å²) in [6, 6.07) is 3.87. The Morgan fingerprint density at radius 2 is 2.21 bits per heavy atom. The molecule has 2 aromatic rings. The molecule has 28 heavy (non-hydrogen) atoms. The Bertz CT molecular complexity index is 919. The van der Waals surface area contributed by atoms with Crippen LogP contribution in [0.4, 0.5) is 5.69 Å². The number of nitro benzene ring substituents is 1. The molecule has 1 aromatic carbocycles. The van der Waals surface area contributed by atoms with Crippen molar-refractivity contribution in [3.8, 4) is 5.75 Å². The van der Waals surface area contributed by atoms with Crippen molar-refractivity contribution in [1.29, 1.82) is 0 Å². The summed E-state index contributed by atoms with van der Waals surface area (Å²) < 4.78 is 1.88. The monoisotopic (exact) mass is 385 g/mol. The summed E-state index contributed by atoms with van der Waals surface area (Å²) >= 11 is 0. The Kier molecular flexibility index (Phi) is 4.54. The zero-order valence-corrected chi connectivity index (χ0v) is 15.7. The van der Waals surface area contributed by atoms with E-state index in [0.717, 1.165) is 38.2 Å². The van der Waals surface area contributed by atoms with Crippen molar-refractivity contribution < 1.29 is 14.8 Å². The number of nitrogens with zero attached hydrogens (tertiary/aromatic N) is 4. The van der Waals surface area contributed by atoms with Crippen LogP contribution in [0.3, 0.4) is 0 Å². The number of hydrogen-bond acceptors (Lipinski definition) is 6. The summed E-state index contributed by atoms with van der Waals surface area (Å²) in [5.74, 6) is 0.0317. The number of amides is 1. The van der Waals surface area contributed by atoms with Crippen LogP contribution in [0.2, 0.25) is 0 Å². The molecule has 1 aliphatic carbocycles. The van der Waals surface area contributed by atoms with Gasteiger partial charge in [-0.25, -0.2) is 4.98 Å². The number of imidazole rings is 1. The van der Waals surface area contributed by atoms with Gasteiger partial charge in [-0.1, -0.05) is 0 Å². The summed E-state index contributed by atoms with van der Waals surface area (Å²) in [5.41, 5.74) is -0.0312. The van der Waals surface area contributed by atoms with Crippen LogP contribution in [-0.4, -0.2) is 49.5 Å². The van der Waals surface area contributed by atoms with E-state index in [4.69, 9.17) is 0 Å². The Hall–Kier alpha value is -2.94. The van der Waals surface area contributed by atoms with Gasteiger partial charge in [0.2, 0.25) is 0 Å². The van der Waals surface area contributed by atoms with E-state index < -0.39 is 16.4 Å². The lowest BCUT2D eigenvalue weighted by Gasteiger charge is -2.29. The van der Waals surface area contributed by atoms with E-state index >= 15 is 0 Å². The van der Waals surface area contributed by atoms with Crippen LogP contribution < -0.4 is 5.32 Å². The average Bonchev–Trinajstić information content (AvgIpc) is 3.18. The third kappa shape index (κ3) is 3.22. The first-order valence-electron chi connectivity index (χ1n) is 9.36. The molecule has 1 atom stereocenters. The maximum Gasteiger partial charge on any atom is 0.310 e. The number of rotatable bonds is 5. The van der Waals surface area contributed by atoms with Crippen molar-refractivity contribution in [3.05, 3.63) is 52.1 Å². The maximum absolute atomic E-state index is 13.3. The molecule has 0 radical (unpaired) electrons. The molecule has 1 amide bonds. The van der Waals surface area contributed by atoms with Crippen LogP contribution in [-0.2, 0) is 13.6 Å². The zero-order chi connectivity index (χ0) is 19.9. The number of carbonyl (C=O) groups is 1. The molecular weight excluding hydrogens is 362 g/mol. The fraction of sp³-hybridized carbons (Fsp3) is 0.474. The average molecular weight is 385 g/mol. The van der Waals surface area contributed by atoms with Crippen molar-refractivity contribution in [2.45, 2.75) is 31.8 Å². The molecule has 2 aliphatic rings. The van der Waals surface area contributed by atoms with Gasteiger partial charge >= 0.3 is 5.69 Å². The predicted molar refractivity (Wildman–Crippen MR) is 101 cm³/mol. The van der Waals surface area contributed by atoms with Crippen LogP contribution in [0.1, 0.15) is 35.4 Å². The number of piperidine rings is 1. The first-order valence-corrected chi connectivity index (χ1v) is 9.36. The predicted octanol–water partition coefficient (Wildman–Crippen LogP) is 1.82. The highest BCUT2D eigenvalue weighted by Gasteiger charge is 2.58. The SMILES string of the molecule is Cn1ccnc1CN(C(=O)c1ccc([N+](=O)[O-])c(O)c1)C1CC12CCNCC2. The zero-order valence-electron chi connectivity index (χ0n) is 15.7. The van der Waals surface area contributed by atoms with Gasteiger partial charge in [0, 0.05) is 37.1 Å². The van der Waals surface area contributed by atoms with Crippen molar-refractivity contribution in [3.63, 3.8) is 0 Å². The van der Waals surface area contributed by atoms with Gasteiger partial charge in [0.05, 0.1) is 11.5 Å². The second-order valence-corrected chi connectivity index (χ2v) is 7.68. The van der Waals surface area contributed by atoms with Crippen molar-refractivity contribution in [2.75, 3.05) is 13.1 Å². The van der Waals surface area contributed by atoms with E-state index in [1.54, 1.807) is 6.20 Å². The van der Waals surface area contributed by atoms with Gasteiger partial charge in [0.1, 0.15) is 5.82 Å². The quantitative estimate of drug-likeness (QED) is 0.599. The van der Waals surface area contributed by atoms with Gasteiger partial charge in [-0.05, 0) is 49.9 Å². The van der Waals surface area contributed by atoms with Crippen molar-refractivity contribution in [1.82, 2.24) is 19.8 Å². The normalized spacial score (nSPS) is 20.1. The third-order valence-corrected chi connectivity index (χ3v) is 6.03. The highest BCUT2D eigenvalue weighted by Crippen LogP contribution is 2.56. The number of nitro groups is 1. The number of benzene rings is 1. The number of hydrogen-bond donors (Lipinski definition) is 2. The van der Waals surface area contributed by atoms with Crippen LogP contribution >= 0.6 is 0 Å². The molecule has 1 aromatic heterocycles. The molecule has 2 heterocycles. The third-order valence-electron chi connectivity index (χ3n) is 6.03. The first-order chi connectivity index (χ1) is 13.4. The molecular formula is C19H23N5O4. The molecule has 1 saturated heterocycles. The Labute approximate surface area is 162 Å². The highest BCUT2D eigenvalue weighted by molar-refractivity contribution is 5.95. The summed E-state index contributed by atoms with van der Waals surface area (Å²) in [6.45, 7) is 2.25. The van der Waals surface area contributed by atoms with Gasteiger partial charge in [-0.15, -0.1) is 0 Å². The van der Waals surface area contributed by atoms with E-state index in [2.05, 4.69) is 10.3 Å². The lowest BCUT2D eigenvalue weighted by molar-refractivity contribution is -0.385.